The topological polar surface area (TPSA) is 18.5 Å². The van der Waals surface area contributed by atoms with Gasteiger partial charge in [-0.25, -0.2) is 0 Å². The summed E-state index contributed by atoms with van der Waals surface area (Å²) >= 11 is 0. The monoisotopic (exact) mass is 432 g/mol. The lowest BCUT2D eigenvalue weighted by Gasteiger charge is -2.46. The zero-order valence-electron chi connectivity index (χ0n) is 20.9. The molecule has 0 unspecified atom stereocenters. The number of rotatable bonds is 8. The summed E-state index contributed by atoms with van der Waals surface area (Å²) in [6.07, 6.45) is 26.2. The summed E-state index contributed by atoms with van der Waals surface area (Å²) in [5, 5.41) is 0. The molecule has 0 amide bonds. The average Bonchev–Trinajstić information content (AvgIpc) is 2.83. The Bertz CT molecular complexity index is 443. The molecule has 4 aliphatic carbocycles. The van der Waals surface area contributed by atoms with Crippen molar-refractivity contribution < 1.29 is 9.47 Å². The van der Waals surface area contributed by atoms with Crippen LogP contribution in [0.1, 0.15) is 129 Å². The summed E-state index contributed by atoms with van der Waals surface area (Å²) < 4.78 is 12.8. The van der Waals surface area contributed by atoms with Crippen LogP contribution in [0.2, 0.25) is 0 Å². The predicted molar refractivity (Wildman–Crippen MR) is 130 cm³/mol. The Morgan fingerprint density at radius 2 is 0.839 bits per heavy atom. The van der Waals surface area contributed by atoms with Crippen molar-refractivity contribution in [1.82, 2.24) is 0 Å². The largest absolute Gasteiger partial charge is 0.378 e. The van der Waals surface area contributed by atoms with Gasteiger partial charge in [0.2, 0.25) is 0 Å². The fourth-order valence-electron chi connectivity index (χ4n) is 7.53. The van der Waals surface area contributed by atoms with Crippen LogP contribution in [0.4, 0.5) is 0 Å². The molecule has 4 aliphatic rings. The minimum atomic E-state index is 0.489. The highest BCUT2D eigenvalue weighted by Crippen LogP contribution is 2.49. The first-order chi connectivity index (χ1) is 15.1. The maximum atomic E-state index is 6.40. The number of hydrogen-bond donors (Lipinski definition) is 0. The first-order valence-electron chi connectivity index (χ1n) is 14.3. The van der Waals surface area contributed by atoms with E-state index in [2.05, 4.69) is 13.8 Å². The van der Waals surface area contributed by atoms with Crippen LogP contribution in [0.3, 0.4) is 0 Å². The van der Waals surface area contributed by atoms with Gasteiger partial charge in [0.25, 0.3) is 0 Å². The molecule has 0 N–H and O–H groups in total. The van der Waals surface area contributed by atoms with E-state index in [4.69, 9.17) is 9.47 Å². The quantitative estimate of drug-likeness (QED) is 0.384. The third kappa shape index (κ3) is 6.95. The standard InChI is InChI=1S/C29H52O2/c1-29(2,25-13-17-27(18-14-25)30-21-23-9-5-3-6-10-23)26-15-19-28(20-16-26)31-22-24-11-7-4-8-12-24/h23-28H,3-22H2,1-2H3. The maximum absolute atomic E-state index is 6.40. The Hall–Kier alpha value is -0.0800. The van der Waals surface area contributed by atoms with Gasteiger partial charge in [0, 0.05) is 13.2 Å². The third-order valence-electron chi connectivity index (χ3n) is 10.0. The van der Waals surface area contributed by atoms with Crippen LogP contribution in [0, 0.1) is 29.1 Å². The summed E-state index contributed by atoms with van der Waals surface area (Å²) in [5.41, 5.74) is 0.489. The van der Waals surface area contributed by atoms with Crippen LogP contribution >= 0.6 is 0 Å². The second-order valence-corrected chi connectivity index (χ2v) is 12.4. The summed E-state index contributed by atoms with van der Waals surface area (Å²) in [6.45, 7) is 7.27. The highest BCUT2D eigenvalue weighted by Gasteiger charge is 2.40. The maximum Gasteiger partial charge on any atom is 0.0575 e. The van der Waals surface area contributed by atoms with Crippen LogP contribution in [0.25, 0.3) is 0 Å². The van der Waals surface area contributed by atoms with Crippen molar-refractivity contribution in [1.29, 1.82) is 0 Å². The van der Waals surface area contributed by atoms with Crippen molar-refractivity contribution >= 4 is 0 Å². The molecule has 2 heteroatoms. The van der Waals surface area contributed by atoms with Crippen molar-refractivity contribution in [2.45, 2.75) is 142 Å². The molecular weight excluding hydrogens is 380 g/mol. The minimum Gasteiger partial charge on any atom is -0.378 e. The van der Waals surface area contributed by atoms with E-state index in [0.29, 0.717) is 17.6 Å². The van der Waals surface area contributed by atoms with Crippen LogP contribution < -0.4 is 0 Å². The molecule has 31 heavy (non-hydrogen) atoms. The Kier molecular flexibility index (Phi) is 9.21. The molecule has 0 aliphatic heterocycles. The molecule has 4 saturated carbocycles. The molecule has 0 aromatic heterocycles. The third-order valence-corrected chi connectivity index (χ3v) is 10.0. The molecule has 0 radical (unpaired) electrons. The predicted octanol–water partition coefficient (Wildman–Crippen LogP) is 8.32. The first kappa shape index (κ1) is 24.1. The lowest BCUT2D eigenvalue weighted by Crippen LogP contribution is -2.39. The van der Waals surface area contributed by atoms with Crippen molar-refractivity contribution in [3.63, 3.8) is 0 Å². The van der Waals surface area contributed by atoms with Gasteiger partial charge in [0.1, 0.15) is 0 Å². The molecule has 180 valence electrons. The highest BCUT2D eigenvalue weighted by molar-refractivity contribution is 4.91. The molecular formula is C29H52O2. The van der Waals surface area contributed by atoms with E-state index in [0.717, 1.165) is 36.9 Å². The summed E-state index contributed by atoms with van der Waals surface area (Å²) in [6, 6.07) is 0. The van der Waals surface area contributed by atoms with Gasteiger partial charge >= 0.3 is 0 Å². The zero-order chi connectivity index (χ0) is 21.5. The van der Waals surface area contributed by atoms with Crippen LogP contribution in [0.5, 0.6) is 0 Å². The molecule has 2 nitrogen and oxygen atoms in total. The van der Waals surface area contributed by atoms with Crippen molar-refractivity contribution in [2.75, 3.05) is 13.2 Å². The van der Waals surface area contributed by atoms with E-state index >= 15 is 0 Å². The van der Waals surface area contributed by atoms with E-state index < -0.39 is 0 Å². The molecule has 0 aromatic carbocycles. The second-order valence-electron chi connectivity index (χ2n) is 12.4. The van der Waals surface area contributed by atoms with Crippen LogP contribution in [-0.4, -0.2) is 25.4 Å². The van der Waals surface area contributed by atoms with Crippen molar-refractivity contribution in [3.8, 4) is 0 Å². The second kappa shape index (κ2) is 11.9. The molecule has 0 atom stereocenters. The Morgan fingerprint density at radius 1 is 0.484 bits per heavy atom. The van der Waals surface area contributed by atoms with Crippen molar-refractivity contribution in [3.05, 3.63) is 0 Å². The lowest BCUT2D eigenvalue weighted by molar-refractivity contribution is -0.0479. The SMILES string of the molecule is CC(C)(C1CCC(OCC2CCCCC2)CC1)C1CCC(OCC2CCCCC2)CC1. The van der Waals surface area contributed by atoms with E-state index in [1.54, 1.807) is 0 Å². The average molecular weight is 433 g/mol. The van der Waals surface area contributed by atoms with Gasteiger partial charge in [-0.15, -0.1) is 0 Å². The molecule has 4 fully saturated rings. The van der Waals surface area contributed by atoms with Crippen molar-refractivity contribution in [2.24, 2.45) is 29.1 Å². The smallest absolute Gasteiger partial charge is 0.0575 e. The van der Waals surface area contributed by atoms with E-state index in [-0.39, 0.29) is 0 Å². The zero-order valence-corrected chi connectivity index (χ0v) is 20.9. The van der Waals surface area contributed by atoms with Crippen LogP contribution in [0.15, 0.2) is 0 Å². The van der Waals surface area contributed by atoms with Gasteiger partial charge in [0.05, 0.1) is 12.2 Å². The Morgan fingerprint density at radius 3 is 1.19 bits per heavy atom. The molecule has 0 spiro atoms. The van der Waals surface area contributed by atoms with Crippen LogP contribution in [-0.2, 0) is 9.47 Å². The number of hydrogen-bond acceptors (Lipinski definition) is 2. The summed E-state index contributed by atoms with van der Waals surface area (Å²) in [7, 11) is 0. The Labute approximate surface area is 193 Å². The molecule has 4 rings (SSSR count). The lowest BCUT2D eigenvalue weighted by atomic mass is 9.60. The molecule has 0 saturated heterocycles. The summed E-state index contributed by atoms with van der Waals surface area (Å²) in [5.74, 6) is 3.51. The minimum absolute atomic E-state index is 0.489. The van der Waals surface area contributed by atoms with E-state index in [9.17, 15) is 0 Å². The van der Waals surface area contributed by atoms with E-state index in [1.165, 1.54) is 116 Å². The van der Waals surface area contributed by atoms with Gasteiger partial charge in [-0.05, 0) is 106 Å². The van der Waals surface area contributed by atoms with E-state index in [1.807, 2.05) is 0 Å². The fraction of sp³-hybridized carbons (Fsp3) is 1.00. The van der Waals surface area contributed by atoms with Gasteiger partial charge in [-0.3, -0.25) is 0 Å². The van der Waals surface area contributed by atoms with Gasteiger partial charge in [-0.2, -0.15) is 0 Å². The molecule has 0 bridgehead atoms. The first-order valence-corrected chi connectivity index (χ1v) is 14.3. The highest BCUT2D eigenvalue weighted by atomic mass is 16.5. The molecule has 0 heterocycles. The van der Waals surface area contributed by atoms with Gasteiger partial charge in [0.15, 0.2) is 0 Å². The summed E-state index contributed by atoms with van der Waals surface area (Å²) in [4.78, 5) is 0. The fourth-order valence-corrected chi connectivity index (χ4v) is 7.53. The van der Waals surface area contributed by atoms with Gasteiger partial charge in [-0.1, -0.05) is 52.4 Å². The Balaban J connectivity index is 1.13. The van der Waals surface area contributed by atoms with Gasteiger partial charge < -0.3 is 9.47 Å². The number of ether oxygens (including phenoxy) is 2. The molecule has 0 aromatic rings. The normalized spacial score (nSPS) is 34.6.